The average molecular weight is 246 g/mol. The molecule has 0 bridgehead atoms. The molecule has 1 aromatic carbocycles. The van der Waals surface area contributed by atoms with Gasteiger partial charge in [-0.2, -0.15) is 0 Å². The summed E-state index contributed by atoms with van der Waals surface area (Å²) in [7, 11) is -0.753. The minimum atomic E-state index is -0.939. The number of alkyl halides is 1. The van der Waals surface area contributed by atoms with Crippen molar-refractivity contribution in [2.24, 2.45) is 0 Å². The molecule has 0 N–H and O–H groups in total. The van der Waals surface area contributed by atoms with E-state index < -0.39 is 19.6 Å². The first kappa shape index (κ1) is 11.8. The number of benzene rings is 1. The van der Waals surface area contributed by atoms with Gasteiger partial charge in [-0.1, -0.05) is 17.7 Å². The highest BCUT2D eigenvalue weighted by Gasteiger charge is 2.29. The summed E-state index contributed by atoms with van der Waals surface area (Å²) in [5.41, 5.74) is 0.0636. The van der Waals surface area contributed by atoms with Gasteiger partial charge in [0.15, 0.2) is 0 Å². The molecule has 0 spiro atoms. The molecular formula is C10H10BClF2O2. The van der Waals surface area contributed by atoms with Crippen LogP contribution in [-0.2, 0) is 16.0 Å². The van der Waals surface area contributed by atoms with Gasteiger partial charge in [0.1, 0.15) is 12.5 Å². The minimum Gasteiger partial charge on any atom is -0.407 e. The summed E-state index contributed by atoms with van der Waals surface area (Å²) in [5, 5.41) is 0.0829. The minimum absolute atomic E-state index is 0.0829. The maximum Gasteiger partial charge on any atom is 0.496 e. The highest BCUT2D eigenvalue weighted by atomic mass is 35.5. The van der Waals surface area contributed by atoms with Gasteiger partial charge in [0.2, 0.25) is 0 Å². The van der Waals surface area contributed by atoms with Crippen LogP contribution in [0.4, 0.5) is 8.78 Å². The SMILES string of the molecule is FCc1c(Cl)ccc(B2OCCCO2)c1F. The molecule has 0 saturated carbocycles. The molecule has 6 heteroatoms. The quantitative estimate of drug-likeness (QED) is 0.744. The lowest BCUT2D eigenvalue weighted by Crippen LogP contribution is -2.43. The van der Waals surface area contributed by atoms with Crippen LogP contribution >= 0.6 is 11.6 Å². The summed E-state index contributed by atoms with van der Waals surface area (Å²) >= 11 is 5.68. The molecular weight excluding hydrogens is 236 g/mol. The summed E-state index contributed by atoms with van der Waals surface area (Å²) in [6.45, 7) is 0.0839. The van der Waals surface area contributed by atoms with Crippen LogP contribution in [0.1, 0.15) is 12.0 Å². The van der Waals surface area contributed by atoms with Crippen LogP contribution in [-0.4, -0.2) is 20.3 Å². The van der Waals surface area contributed by atoms with Gasteiger partial charge in [-0.05, 0) is 12.5 Å². The topological polar surface area (TPSA) is 18.5 Å². The third-order valence-corrected chi connectivity index (χ3v) is 2.78. The first-order valence-electron chi connectivity index (χ1n) is 5.00. The zero-order valence-corrected chi connectivity index (χ0v) is 9.27. The predicted octanol–water partition coefficient (Wildman–Crippen LogP) is 2.08. The van der Waals surface area contributed by atoms with Crippen molar-refractivity contribution in [2.45, 2.75) is 13.1 Å². The van der Waals surface area contributed by atoms with Crippen LogP contribution in [0, 0.1) is 5.82 Å². The van der Waals surface area contributed by atoms with Crippen molar-refractivity contribution in [3.63, 3.8) is 0 Å². The Bertz CT molecular complexity index is 383. The molecule has 2 nitrogen and oxygen atoms in total. The Hall–Kier alpha value is -0.645. The number of halogens is 3. The van der Waals surface area contributed by atoms with Crippen LogP contribution in [0.2, 0.25) is 5.02 Å². The van der Waals surface area contributed by atoms with Gasteiger partial charge in [-0.3, -0.25) is 0 Å². The summed E-state index contributed by atoms with van der Waals surface area (Å²) in [6, 6.07) is 2.92. The van der Waals surface area contributed by atoms with Crippen molar-refractivity contribution in [1.29, 1.82) is 0 Å². The van der Waals surface area contributed by atoms with E-state index in [9.17, 15) is 8.78 Å². The third kappa shape index (κ3) is 2.21. The molecule has 1 saturated heterocycles. The predicted molar refractivity (Wildman–Crippen MR) is 58.1 cm³/mol. The van der Waals surface area contributed by atoms with E-state index in [1.54, 1.807) is 0 Å². The van der Waals surface area contributed by atoms with Crippen molar-refractivity contribution in [2.75, 3.05) is 13.2 Å². The maximum absolute atomic E-state index is 13.8. The maximum atomic E-state index is 13.8. The van der Waals surface area contributed by atoms with Crippen molar-refractivity contribution in [1.82, 2.24) is 0 Å². The van der Waals surface area contributed by atoms with Crippen molar-refractivity contribution >= 4 is 24.2 Å². The fraction of sp³-hybridized carbons (Fsp3) is 0.400. The van der Waals surface area contributed by atoms with Gasteiger partial charge in [-0.25, -0.2) is 8.78 Å². The number of hydrogen-bond donors (Lipinski definition) is 0. The Kier molecular flexibility index (Phi) is 3.79. The Labute approximate surface area is 97.6 Å². The molecule has 0 amide bonds. The van der Waals surface area contributed by atoms with Crippen molar-refractivity contribution < 1.29 is 18.1 Å². The summed E-state index contributed by atoms with van der Waals surface area (Å²) in [4.78, 5) is 0. The molecule has 1 aromatic rings. The molecule has 1 aliphatic heterocycles. The molecule has 1 heterocycles. The van der Waals surface area contributed by atoms with Crippen LogP contribution in [0.5, 0.6) is 0 Å². The van der Waals surface area contributed by atoms with Gasteiger partial charge in [0.05, 0.1) is 0 Å². The summed E-state index contributed by atoms with van der Waals surface area (Å²) in [6.07, 6.45) is 0.779. The lowest BCUT2D eigenvalue weighted by molar-refractivity contribution is 0.143. The molecule has 1 fully saturated rings. The summed E-state index contributed by atoms with van der Waals surface area (Å²) < 4.78 is 36.9. The van der Waals surface area contributed by atoms with Gasteiger partial charge in [-0.15, -0.1) is 0 Å². The number of rotatable bonds is 2. The second-order valence-electron chi connectivity index (χ2n) is 3.49. The average Bonchev–Trinajstić information content (AvgIpc) is 2.31. The Balaban J connectivity index is 2.33. The molecule has 16 heavy (non-hydrogen) atoms. The smallest absolute Gasteiger partial charge is 0.407 e. The molecule has 0 atom stereocenters. The van der Waals surface area contributed by atoms with Gasteiger partial charge in [0.25, 0.3) is 0 Å². The number of hydrogen-bond acceptors (Lipinski definition) is 2. The lowest BCUT2D eigenvalue weighted by atomic mass is 9.77. The van der Waals surface area contributed by atoms with Gasteiger partial charge >= 0.3 is 7.12 Å². The van der Waals surface area contributed by atoms with Crippen LogP contribution in [0.25, 0.3) is 0 Å². The van der Waals surface area contributed by atoms with E-state index in [-0.39, 0.29) is 16.0 Å². The van der Waals surface area contributed by atoms with E-state index in [4.69, 9.17) is 20.9 Å². The van der Waals surface area contributed by atoms with Crippen LogP contribution in [0.3, 0.4) is 0 Å². The molecule has 0 unspecified atom stereocenters. The lowest BCUT2D eigenvalue weighted by Gasteiger charge is -2.21. The van der Waals surface area contributed by atoms with E-state index in [2.05, 4.69) is 0 Å². The first-order chi connectivity index (χ1) is 7.74. The zero-order chi connectivity index (χ0) is 11.5. The van der Waals surface area contributed by atoms with Crippen molar-refractivity contribution in [3.05, 3.63) is 28.5 Å². The van der Waals surface area contributed by atoms with Crippen LogP contribution in [0.15, 0.2) is 12.1 Å². The Morgan fingerprint density at radius 2 is 2.00 bits per heavy atom. The molecule has 86 valence electrons. The first-order valence-corrected chi connectivity index (χ1v) is 5.37. The summed E-state index contributed by atoms with van der Waals surface area (Å²) in [5.74, 6) is -0.679. The standard InChI is InChI=1S/C10H10BClF2O2/c12-9-3-2-8(10(14)7(9)6-13)11-15-4-1-5-16-11/h2-3H,1,4-6H2. The monoisotopic (exact) mass is 246 g/mol. The second kappa shape index (κ2) is 5.12. The van der Waals surface area contributed by atoms with E-state index in [1.165, 1.54) is 12.1 Å². The van der Waals surface area contributed by atoms with Crippen LogP contribution < -0.4 is 5.46 Å². The zero-order valence-electron chi connectivity index (χ0n) is 8.51. The fourth-order valence-corrected chi connectivity index (χ4v) is 1.78. The Morgan fingerprint density at radius 3 is 2.62 bits per heavy atom. The van der Waals surface area contributed by atoms with Gasteiger partial charge < -0.3 is 9.31 Å². The largest absolute Gasteiger partial charge is 0.496 e. The van der Waals surface area contributed by atoms with E-state index in [0.29, 0.717) is 13.2 Å². The normalized spacial score (nSPS) is 16.6. The Morgan fingerprint density at radius 1 is 1.31 bits per heavy atom. The molecule has 0 aliphatic carbocycles. The van der Waals surface area contributed by atoms with E-state index in [0.717, 1.165) is 6.42 Å². The fourth-order valence-electron chi connectivity index (χ4n) is 1.59. The molecule has 2 rings (SSSR count). The highest BCUT2D eigenvalue weighted by molar-refractivity contribution is 6.61. The van der Waals surface area contributed by atoms with E-state index in [1.807, 2.05) is 0 Å². The van der Waals surface area contributed by atoms with Crippen molar-refractivity contribution in [3.8, 4) is 0 Å². The molecule has 0 radical (unpaired) electrons. The third-order valence-electron chi connectivity index (χ3n) is 2.43. The van der Waals surface area contributed by atoms with E-state index >= 15 is 0 Å². The molecule has 0 aromatic heterocycles. The van der Waals surface area contributed by atoms with Gasteiger partial charge in [0, 0.05) is 29.3 Å². The second-order valence-corrected chi connectivity index (χ2v) is 3.90. The molecule has 1 aliphatic rings. The highest BCUT2D eigenvalue weighted by Crippen LogP contribution is 2.19.